The number of aryl methyl sites for hydroxylation is 1. The van der Waals surface area contributed by atoms with Gasteiger partial charge in [0.05, 0.1) is 17.0 Å². The van der Waals surface area contributed by atoms with E-state index >= 15 is 0 Å². The third-order valence-corrected chi connectivity index (χ3v) is 3.98. The van der Waals surface area contributed by atoms with Gasteiger partial charge in [-0.05, 0) is 43.7 Å². The molecule has 2 aromatic carbocycles. The van der Waals surface area contributed by atoms with Crippen LogP contribution in [0, 0.1) is 6.92 Å². The Bertz CT molecular complexity index is 818. The third-order valence-electron chi connectivity index (χ3n) is 3.54. The molecular formula is C18H14Cl2N2O. The topological polar surface area (TPSA) is 32.7 Å². The van der Waals surface area contributed by atoms with Crippen LogP contribution in [0.15, 0.2) is 53.1 Å². The molecule has 2 aromatic rings. The van der Waals surface area contributed by atoms with Gasteiger partial charge in [0.1, 0.15) is 0 Å². The predicted molar refractivity (Wildman–Crippen MR) is 96.2 cm³/mol. The minimum atomic E-state index is -0.193. The summed E-state index contributed by atoms with van der Waals surface area (Å²) in [6.45, 7) is 3.83. The highest BCUT2D eigenvalue weighted by molar-refractivity contribution is 6.36. The molecule has 0 aliphatic carbocycles. The highest BCUT2D eigenvalue weighted by Crippen LogP contribution is 2.30. The zero-order valence-electron chi connectivity index (χ0n) is 12.7. The maximum atomic E-state index is 12.7. The molecule has 116 valence electrons. The molecule has 0 bridgehead atoms. The van der Waals surface area contributed by atoms with Gasteiger partial charge >= 0.3 is 0 Å². The van der Waals surface area contributed by atoms with E-state index in [1.54, 1.807) is 18.2 Å². The second-order valence-electron chi connectivity index (χ2n) is 5.40. The maximum absolute atomic E-state index is 12.7. The van der Waals surface area contributed by atoms with Crippen LogP contribution in [0.5, 0.6) is 0 Å². The van der Waals surface area contributed by atoms with Gasteiger partial charge in [-0.15, -0.1) is 0 Å². The first-order valence-electron chi connectivity index (χ1n) is 7.08. The average molecular weight is 345 g/mol. The smallest absolute Gasteiger partial charge is 0.267 e. The van der Waals surface area contributed by atoms with Crippen molar-refractivity contribution in [3.8, 4) is 0 Å². The minimum Gasteiger partial charge on any atom is -0.267 e. The fourth-order valence-electron chi connectivity index (χ4n) is 2.35. The molecule has 0 unspecified atom stereocenters. The van der Waals surface area contributed by atoms with Crippen LogP contribution in [0.4, 0.5) is 5.69 Å². The molecule has 3 rings (SSSR count). The summed E-state index contributed by atoms with van der Waals surface area (Å²) in [5.74, 6) is -0.193. The van der Waals surface area contributed by atoms with Gasteiger partial charge in [0.15, 0.2) is 0 Å². The first-order chi connectivity index (χ1) is 10.9. The van der Waals surface area contributed by atoms with Gasteiger partial charge < -0.3 is 0 Å². The van der Waals surface area contributed by atoms with Crippen molar-refractivity contribution in [3.63, 3.8) is 0 Å². The van der Waals surface area contributed by atoms with Crippen molar-refractivity contribution >= 4 is 46.6 Å². The second kappa shape index (κ2) is 6.19. The van der Waals surface area contributed by atoms with Crippen molar-refractivity contribution < 1.29 is 4.79 Å². The monoisotopic (exact) mass is 344 g/mol. The van der Waals surface area contributed by atoms with E-state index in [-0.39, 0.29) is 5.91 Å². The van der Waals surface area contributed by atoms with Crippen LogP contribution in [0.25, 0.3) is 6.08 Å². The summed E-state index contributed by atoms with van der Waals surface area (Å²) >= 11 is 12.0. The van der Waals surface area contributed by atoms with Gasteiger partial charge in [-0.2, -0.15) is 10.1 Å². The number of halogens is 2. The van der Waals surface area contributed by atoms with Crippen molar-refractivity contribution in [2.45, 2.75) is 13.8 Å². The summed E-state index contributed by atoms with van der Waals surface area (Å²) in [5.41, 5.74) is 3.90. The Hall–Kier alpha value is -2.10. The van der Waals surface area contributed by atoms with Crippen LogP contribution in [0.3, 0.4) is 0 Å². The largest absolute Gasteiger partial charge is 0.280 e. The fourth-order valence-corrected chi connectivity index (χ4v) is 2.86. The number of hydrogen-bond acceptors (Lipinski definition) is 2. The zero-order chi connectivity index (χ0) is 16.6. The summed E-state index contributed by atoms with van der Waals surface area (Å²) in [6.07, 6.45) is 1.84. The standard InChI is InChI=1S/C18H14Cl2N2O/c1-11-3-5-13(6-4-11)7-17-12(2)21-22(18(17)23)16-9-14(19)8-15(20)10-16/h3-10H,1-2H3. The van der Waals surface area contributed by atoms with Crippen LogP contribution >= 0.6 is 23.2 Å². The lowest BCUT2D eigenvalue weighted by atomic mass is 10.1. The summed E-state index contributed by atoms with van der Waals surface area (Å²) < 4.78 is 0. The summed E-state index contributed by atoms with van der Waals surface area (Å²) in [5, 5.41) is 6.58. The Kier molecular flexibility index (Phi) is 4.24. The van der Waals surface area contributed by atoms with E-state index in [1.165, 1.54) is 10.6 Å². The molecule has 0 fully saturated rings. The average Bonchev–Trinajstić information content (AvgIpc) is 2.76. The van der Waals surface area contributed by atoms with E-state index < -0.39 is 0 Å². The van der Waals surface area contributed by atoms with Gasteiger partial charge in [-0.1, -0.05) is 53.0 Å². The summed E-state index contributed by atoms with van der Waals surface area (Å²) in [6, 6.07) is 12.9. The van der Waals surface area contributed by atoms with Crippen molar-refractivity contribution in [1.82, 2.24) is 0 Å². The molecule has 0 atom stereocenters. The number of anilines is 1. The number of benzene rings is 2. The Morgan fingerprint density at radius 1 is 1.00 bits per heavy atom. The zero-order valence-corrected chi connectivity index (χ0v) is 14.2. The van der Waals surface area contributed by atoms with E-state index in [0.29, 0.717) is 27.0 Å². The number of amides is 1. The molecule has 0 aromatic heterocycles. The molecule has 0 spiro atoms. The van der Waals surface area contributed by atoms with E-state index in [2.05, 4.69) is 5.10 Å². The number of carbonyl (C=O) groups is 1. The van der Waals surface area contributed by atoms with E-state index in [1.807, 2.05) is 44.2 Å². The molecule has 3 nitrogen and oxygen atoms in total. The van der Waals surface area contributed by atoms with Gasteiger partial charge in [-0.3, -0.25) is 4.79 Å². The quantitative estimate of drug-likeness (QED) is 0.697. The first-order valence-corrected chi connectivity index (χ1v) is 7.84. The van der Waals surface area contributed by atoms with Crippen molar-refractivity contribution in [2.75, 3.05) is 5.01 Å². The third kappa shape index (κ3) is 3.31. The van der Waals surface area contributed by atoms with E-state index in [0.717, 1.165) is 5.56 Å². The number of hydrazone groups is 1. The Balaban J connectivity index is 1.96. The van der Waals surface area contributed by atoms with Gasteiger partial charge in [0.2, 0.25) is 0 Å². The highest BCUT2D eigenvalue weighted by Gasteiger charge is 2.29. The lowest BCUT2D eigenvalue weighted by Gasteiger charge is -2.12. The molecule has 1 aliphatic rings. The fraction of sp³-hybridized carbons (Fsp3) is 0.111. The van der Waals surface area contributed by atoms with Crippen molar-refractivity contribution in [2.24, 2.45) is 5.10 Å². The number of rotatable bonds is 2. The molecule has 23 heavy (non-hydrogen) atoms. The van der Waals surface area contributed by atoms with Crippen molar-refractivity contribution in [1.29, 1.82) is 0 Å². The highest BCUT2D eigenvalue weighted by atomic mass is 35.5. The van der Waals surface area contributed by atoms with Crippen molar-refractivity contribution in [3.05, 3.63) is 69.2 Å². The predicted octanol–water partition coefficient (Wildman–Crippen LogP) is 5.11. The SMILES string of the molecule is CC1=NN(c2cc(Cl)cc(Cl)c2)C(=O)C1=Cc1ccc(C)cc1. The minimum absolute atomic E-state index is 0.193. The second-order valence-corrected chi connectivity index (χ2v) is 6.27. The van der Waals surface area contributed by atoms with Gasteiger partial charge in [0.25, 0.3) is 5.91 Å². The molecule has 1 heterocycles. The van der Waals surface area contributed by atoms with Crippen LogP contribution in [-0.2, 0) is 4.79 Å². The molecule has 0 saturated carbocycles. The molecule has 5 heteroatoms. The molecule has 0 saturated heterocycles. The number of carbonyl (C=O) groups excluding carboxylic acids is 1. The number of nitrogens with zero attached hydrogens (tertiary/aromatic N) is 2. The molecular weight excluding hydrogens is 331 g/mol. The van der Waals surface area contributed by atoms with Crippen LogP contribution in [0.2, 0.25) is 10.0 Å². The number of hydrogen-bond donors (Lipinski definition) is 0. The van der Waals surface area contributed by atoms with Crippen LogP contribution < -0.4 is 5.01 Å². The van der Waals surface area contributed by atoms with E-state index in [9.17, 15) is 4.79 Å². The van der Waals surface area contributed by atoms with E-state index in [4.69, 9.17) is 23.2 Å². The molecule has 1 aliphatic heterocycles. The Labute approximate surface area is 144 Å². The van der Waals surface area contributed by atoms with Gasteiger partial charge in [-0.25, -0.2) is 0 Å². The first kappa shape index (κ1) is 15.8. The summed E-state index contributed by atoms with van der Waals surface area (Å²) in [4.78, 5) is 12.7. The normalized spacial score (nSPS) is 16.2. The Morgan fingerprint density at radius 2 is 1.61 bits per heavy atom. The summed E-state index contributed by atoms with van der Waals surface area (Å²) in [7, 11) is 0. The molecule has 0 N–H and O–H groups in total. The Morgan fingerprint density at radius 3 is 2.22 bits per heavy atom. The molecule has 1 amide bonds. The van der Waals surface area contributed by atoms with Crippen LogP contribution in [-0.4, -0.2) is 11.6 Å². The maximum Gasteiger partial charge on any atom is 0.280 e. The van der Waals surface area contributed by atoms with Gasteiger partial charge in [0, 0.05) is 10.0 Å². The molecule has 0 radical (unpaired) electrons. The lowest BCUT2D eigenvalue weighted by molar-refractivity contribution is -0.114. The van der Waals surface area contributed by atoms with Crippen LogP contribution in [0.1, 0.15) is 18.1 Å². The lowest BCUT2D eigenvalue weighted by Crippen LogP contribution is -2.21.